The minimum atomic E-state index is -0.0217. The van der Waals surface area contributed by atoms with Crippen LogP contribution in [-0.2, 0) is 6.61 Å². The van der Waals surface area contributed by atoms with Gasteiger partial charge in [0.1, 0.15) is 5.82 Å². The maximum absolute atomic E-state index is 9.26. The number of pyridine rings is 2. The maximum atomic E-state index is 9.26. The second-order valence-corrected chi connectivity index (χ2v) is 6.97. The molecule has 0 aliphatic rings. The van der Waals surface area contributed by atoms with E-state index in [0.29, 0.717) is 0 Å². The molecule has 0 unspecified atom stereocenters. The van der Waals surface area contributed by atoms with E-state index >= 15 is 0 Å². The number of hydrogen-bond donors (Lipinski definition) is 2. The van der Waals surface area contributed by atoms with Gasteiger partial charge >= 0.3 is 0 Å². The van der Waals surface area contributed by atoms with Gasteiger partial charge in [-0.1, -0.05) is 20.8 Å². The lowest BCUT2D eigenvalue weighted by Gasteiger charge is -2.29. The van der Waals surface area contributed by atoms with Crippen molar-refractivity contribution in [1.82, 2.24) is 9.97 Å². The van der Waals surface area contributed by atoms with Gasteiger partial charge in [-0.25, -0.2) is 4.98 Å². The third-order valence-electron chi connectivity index (χ3n) is 3.51. The normalized spacial score (nSPS) is 11.4. The second-order valence-electron chi connectivity index (χ2n) is 6.97. The highest BCUT2D eigenvalue weighted by molar-refractivity contribution is 5.71. The molecule has 0 radical (unpaired) electrons. The monoisotopic (exact) mass is 314 g/mol. The molecular formula is C18H26N4O. The van der Waals surface area contributed by atoms with Crippen molar-refractivity contribution in [2.45, 2.75) is 27.4 Å². The van der Waals surface area contributed by atoms with Gasteiger partial charge in [-0.05, 0) is 29.2 Å². The van der Waals surface area contributed by atoms with E-state index < -0.39 is 0 Å². The van der Waals surface area contributed by atoms with Gasteiger partial charge in [0.05, 0.1) is 18.0 Å². The zero-order valence-electron chi connectivity index (χ0n) is 14.6. The SMILES string of the molecule is CNc1nc(-c2cncc(CO)c2)ccc1N(C)CC(C)(C)C. The summed E-state index contributed by atoms with van der Waals surface area (Å²) in [7, 11) is 3.96. The first-order chi connectivity index (χ1) is 10.8. The molecule has 2 aromatic heterocycles. The Hall–Kier alpha value is -2.14. The van der Waals surface area contributed by atoms with Gasteiger partial charge in [0.15, 0.2) is 0 Å². The number of aliphatic hydroxyl groups excluding tert-OH is 1. The molecule has 5 nitrogen and oxygen atoms in total. The van der Waals surface area contributed by atoms with E-state index in [1.54, 1.807) is 12.4 Å². The third kappa shape index (κ3) is 4.42. The molecular weight excluding hydrogens is 288 g/mol. The zero-order valence-corrected chi connectivity index (χ0v) is 14.6. The third-order valence-corrected chi connectivity index (χ3v) is 3.51. The van der Waals surface area contributed by atoms with Crippen molar-refractivity contribution in [1.29, 1.82) is 0 Å². The Morgan fingerprint density at radius 1 is 1.22 bits per heavy atom. The van der Waals surface area contributed by atoms with Crippen LogP contribution in [-0.4, -0.2) is 35.7 Å². The Balaban J connectivity index is 2.35. The summed E-state index contributed by atoms with van der Waals surface area (Å²) in [4.78, 5) is 11.1. The molecule has 0 spiro atoms. The number of rotatable bonds is 5. The van der Waals surface area contributed by atoms with Gasteiger partial charge in [-0.3, -0.25) is 4.98 Å². The summed E-state index contributed by atoms with van der Waals surface area (Å²) in [6, 6.07) is 5.98. The summed E-state index contributed by atoms with van der Waals surface area (Å²) in [6.07, 6.45) is 3.42. The standard InChI is InChI=1S/C18H26N4O/c1-18(2,3)12-22(5)16-7-6-15(21-17(16)19-4)14-8-13(11-23)9-20-10-14/h6-10,23H,11-12H2,1-5H3,(H,19,21). The van der Waals surface area contributed by atoms with Crippen LogP contribution < -0.4 is 10.2 Å². The molecule has 124 valence electrons. The molecule has 0 aliphatic carbocycles. The smallest absolute Gasteiger partial charge is 0.150 e. The topological polar surface area (TPSA) is 61.3 Å². The van der Waals surface area contributed by atoms with Crippen molar-refractivity contribution >= 4 is 11.5 Å². The van der Waals surface area contributed by atoms with Crippen LogP contribution in [0.5, 0.6) is 0 Å². The summed E-state index contributed by atoms with van der Waals surface area (Å²) >= 11 is 0. The summed E-state index contributed by atoms with van der Waals surface area (Å²) in [5, 5.41) is 12.4. The van der Waals surface area contributed by atoms with Crippen LogP contribution in [0.2, 0.25) is 0 Å². The first-order valence-electron chi connectivity index (χ1n) is 7.79. The van der Waals surface area contributed by atoms with Gasteiger partial charge in [0.25, 0.3) is 0 Å². The Kier molecular flexibility index (Phi) is 5.21. The number of hydrogen-bond acceptors (Lipinski definition) is 5. The fourth-order valence-electron chi connectivity index (χ4n) is 2.62. The van der Waals surface area contributed by atoms with E-state index in [4.69, 9.17) is 4.98 Å². The van der Waals surface area contributed by atoms with Crippen LogP contribution in [0.1, 0.15) is 26.3 Å². The molecule has 0 saturated heterocycles. The zero-order chi connectivity index (χ0) is 17.0. The number of aliphatic hydroxyl groups is 1. The van der Waals surface area contributed by atoms with E-state index in [1.807, 2.05) is 19.2 Å². The maximum Gasteiger partial charge on any atom is 0.150 e. The van der Waals surface area contributed by atoms with Crippen LogP contribution in [0, 0.1) is 5.41 Å². The van der Waals surface area contributed by atoms with Crippen molar-refractivity contribution in [2.24, 2.45) is 5.41 Å². The summed E-state index contributed by atoms with van der Waals surface area (Å²) in [5.41, 5.74) is 3.79. The Morgan fingerprint density at radius 3 is 2.57 bits per heavy atom. The van der Waals surface area contributed by atoms with E-state index in [2.05, 4.69) is 49.1 Å². The fourth-order valence-corrected chi connectivity index (χ4v) is 2.62. The quantitative estimate of drug-likeness (QED) is 0.887. The molecule has 0 aliphatic heterocycles. The number of anilines is 2. The number of aromatic nitrogens is 2. The molecule has 2 N–H and O–H groups in total. The van der Waals surface area contributed by atoms with Crippen molar-refractivity contribution in [3.8, 4) is 11.3 Å². The first kappa shape index (κ1) is 17.2. The molecule has 5 heteroatoms. The van der Waals surface area contributed by atoms with Crippen LogP contribution >= 0.6 is 0 Å². The molecule has 0 amide bonds. The van der Waals surface area contributed by atoms with Crippen LogP contribution in [0.15, 0.2) is 30.6 Å². The lowest BCUT2D eigenvalue weighted by Crippen LogP contribution is -2.29. The van der Waals surface area contributed by atoms with Crippen molar-refractivity contribution in [2.75, 3.05) is 30.9 Å². The van der Waals surface area contributed by atoms with Crippen molar-refractivity contribution in [3.05, 3.63) is 36.2 Å². The molecule has 0 fully saturated rings. The molecule has 0 aromatic carbocycles. The Labute approximate surface area is 138 Å². The molecule has 2 heterocycles. The summed E-state index contributed by atoms with van der Waals surface area (Å²) in [5.74, 6) is 0.837. The van der Waals surface area contributed by atoms with Crippen LogP contribution in [0.25, 0.3) is 11.3 Å². The lowest BCUT2D eigenvalue weighted by atomic mass is 9.96. The highest BCUT2D eigenvalue weighted by Gasteiger charge is 2.17. The number of nitrogens with one attached hydrogen (secondary N) is 1. The second kappa shape index (κ2) is 6.96. The lowest BCUT2D eigenvalue weighted by molar-refractivity contribution is 0.281. The Bertz CT molecular complexity index is 664. The molecule has 23 heavy (non-hydrogen) atoms. The van der Waals surface area contributed by atoms with E-state index in [1.165, 1.54) is 0 Å². The minimum absolute atomic E-state index is 0.0217. The molecule has 2 aromatic rings. The van der Waals surface area contributed by atoms with Crippen LogP contribution in [0.3, 0.4) is 0 Å². The average molecular weight is 314 g/mol. The van der Waals surface area contributed by atoms with Crippen molar-refractivity contribution < 1.29 is 5.11 Å². The Morgan fingerprint density at radius 2 is 1.96 bits per heavy atom. The highest BCUT2D eigenvalue weighted by atomic mass is 16.3. The minimum Gasteiger partial charge on any atom is -0.392 e. The van der Waals surface area contributed by atoms with Gasteiger partial charge in [0.2, 0.25) is 0 Å². The highest BCUT2D eigenvalue weighted by Crippen LogP contribution is 2.29. The molecule has 2 rings (SSSR count). The van der Waals surface area contributed by atoms with Crippen molar-refractivity contribution in [3.63, 3.8) is 0 Å². The predicted octanol–water partition coefficient (Wildman–Crippen LogP) is 3.16. The fraction of sp³-hybridized carbons (Fsp3) is 0.444. The summed E-state index contributed by atoms with van der Waals surface area (Å²) < 4.78 is 0. The van der Waals surface area contributed by atoms with Gasteiger partial charge in [0, 0.05) is 38.6 Å². The molecule has 0 atom stereocenters. The average Bonchev–Trinajstić information content (AvgIpc) is 2.52. The number of nitrogens with zero attached hydrogens (tertiary/aromatic N) is 3. The molecule has 0 bridgehead atoms. The first-order valence-corrected chi connectivity index (χ1v) is 7.79. The van der Waals surface area contributed by atoms with Crippen LogP contribution in [0.4, 0.5) is 11.5 Å². The van der Waals surface area contributed by atoms with Gasteiger partial charge in [-0.2, -0.15) is 0 Å². The molecule has 0 saturated carbocycles. The summed E-state index contributed by atoms with van der Waals surface area (Å²) in [6.45, 7) is 7.57. The van der Waals surface area contributed by atoms with E-state index in [0.717, 1.165) is 34.9 Å². The largest absolute Gasteiger partial charge is 0.392 e. The van der Waals surface area contributed by atoms with E-state index in [-0.39, 0.29) is 12.0 Å². The van der Waals surface area contributed by atoms with E-state index in [9.17, 15) is 5.11 Å². The predicted molar refractivity (Wildman–Crippen MR) is 95.7 cm³/mol. The van der Waals surface area contributed by atoms with Gasteiger partial charge < -0.3 is 15.3 Å². The van der Waals surface area contributed by atoms with Gasteiger partial charge in [-0.15, -0.1) is 0 Å².